The molecule has 2 heterocycles. The van der Waals surface area contributed by atoms with Gasteiger partial charge in [0.25, 0.3) is 5.56 Å². The van der Waals surface area contributed by atoms with E-state index >= 15 is 0 Å². The Balaban J connectivity index is 1.96. The smallest absolute Gasteiger partial charge is 0.279 e. The number of halogens is 3. The predicted octanol–water partition coefficient (Wildman–Crippen LogP) is 5.63. The molecule has 0 bridgehead atoms. The van der Waals surface area contributed by atoms with Crippen LogP contribution < -0.4 is 15.2 Å². The lowest BCUT2D eigenvalue weighted by Gasteiger charge is -2.32. The molecule has 4 rings (SSSR count). The molecule has 0 amide bonds. The minimum Gasteiger partial charge on any atom is -0.494 e. The maximum absolute atomic E-state index is 14.5. The SMILES string of the molecule is [C-]#[N+]c1ccc(-c2nc(N3CCC(C)CC3)c(Cl)c(=O)n2-c2ccc(OC)c(F)c2)cc1F. The van der Waals surface area contributed by atoms with E-state index in [1.54, 1.807) is 0 Å². The van der Waals surface area contributed by atoms with Crippen molar-refractivity contribution in [3.8, 4) is 22.8 Å². The molecule has 1 aromatic heterocycles. The molecule has 33 heavy (non-hydrogen) atoms. The van der Waals surface area contributed by atoms with Gasteiger partial charge in [0.1, 0.15) is 16.7 Å². The fourth-order valence-electron chi connectivity index (χ4n) is 3.88. The Morgan fingerprint density at radius 3 is 2.48 bits per heavy atom. The van der Waals surface area contributed by atoms with Crippen molar-refractivity contribution in [3.63, 3.8) is 0 Å². The summed E-state index contributed by atoms with van der Waals surface area (Å²) in [5, 5.41) is -0.0946. The molecule has 9 heteroatoms. The average Bonchev–Trinajstić information content (AvgIpc) is 2.81. The van der Waals surface area contributed by atoms with E-state index < -0.39 is 17.2 Å². The van der Waals surface area contributed by atoms with E-state index in [-0.39, 0.29) is 33.5 Å². The number of hydrogen-bond donors (Lipinski definition) is 0. The summed E-state index contributed by atoms with van der Waals surface area (Å²) in [5.41, 5.74) is -0.329. The third-order valence-corrected chi connectivity index (χ3v) is 6.14. The van der Waals surface area contributed by atoms with Crippen molar-refractivity contribution >= 4 is 23.1 Å². The van der Waals surface area contributed by atoms with Crippen LogP contribution in [-0.4, -0.2) is 29.8 Å². The Morgan fingerprint density at radius 1 is 1.15 bits per heavy atom. The van der Waals surface area contributed by atoms with Crippen LogP contribution >= 0.6 is 11.6 Å². The van der Waals surface area contributed by atoms with E-state index in [9.17, 15) is 13.6 Å². The second-order valence-electron chi connectivity index (χ2n) is 7.98. The first-order chi connectivity index (χ1) is 15.8. The molecule has 0 saturated carbocycles. The molecule has 1 aliphatic heterocycles. The Hall–Kier alpha value is -3.44. The first-order valence-electron chi connectivity index (χ1n) is 10.4. The maximum atomic E-state index is 14.5. The lowest BCUT2D eigenvalue weighted by Crippen LogP contribution is -2.36. The highest BCUT2D eigenvalue weighted by atomic mass is 35.5. The minimum absolute atomic E-state index is 0.0129. The molecule has 1 aliphatic rings. The van der Waals surface area contributed by atoms with Crippen LogP contribution in [0.2, 0.25) is 5.02 Å². The monoisotopic (exact) mass is 470 g/mol. The summed E-state index contributed by atoms with van der Waals surface area (Å²) in [6, 6.07) is 7.98. The summed E-state index contributed by atoms with van der Waals surface area (Å²) in [5.74, 6) is -0.446. The van der Waals surface area contributed by atoms with Gasteiger partial charge in [-0.05, 0) is 37.0 Å². The van der Waals surface area contributed by atoms with Gasteiger partial charge in [-0.1, -0.05) is 30.7 Å². The molecular weight excluding hydrogens is 450 g/mol. The summed E-state index contributed by atoms with van der Waals surface area (Å²) >= 11 is 6.48. The molecule has 170 valence electrons. The molecule has 0 aliphatic carbocycles. The van der Waals surface area contributed by atoms with Crippen LogP contribution in [0.5, 0.6) is 5.75 Å². The van der Waals surface area contributed by atoms with Crippen LogP contribution in [0.15, 0.2) is 41.2 Å². The fourth-order valence-corrected chi connectivity index (χ4v) is 4.13. The number of anilines is 1. The van der Waals surface area contributed by atoms with Gasteiger partial charge in [0.15, 0.2) is 17.4 Å². The number of benzene rings is 2. The standard InChI is InChI=1S/C24H21ClF2N4O2/c1-14-8-10-30(11-9-14)23-21(25)24(32)31(16-5-7-20(33-3)18(27)13-16)22(29-23)15-4-6-19(28-2)17(26)12-15/h4-7,12-14H,8-11H2,1,3H3. The highest BCUT2D eigenvalue weighted by Crippen LogP contribution is 2.32. The largest absolute Gasteiger partial charge is 0.494 e. The third-order valence-electron chi connectivity index (χ3n) is 5.81. The molecule has 0 N–H and O–H groups in total. The van der Waals surface area contributed by atoms with Gasteiger partial charge in [-0.25, -0.2) is 18.6 Å². The fraction of sp³-hybridized carbons (Fsp3) is 0.292. The van der Waals surface area contributed by atoms with Gasteiger partial charge in [0.2, 0.25) is 5.69 Å². The lowest BCUT2D eigenvalue weighted by molar-refractivity contribution is 0.386. The summed E-state index contributed by atoms with van der Waals surface area (Å²) in [7, 11) is 1.34. The molecule has 3 aromatic rings. The van der Waals surface area contributed by atoms with Gasteiger partial charge in [-0.15, -0.1) is 0 Å². The normalized spacial score (nSPS) is 14.2. The van der Waals surface area contributed by atoms with E-state index in [1.807, 2.05) is 4.90 Å². The molecule has 0 spiro atoms. The second-order valence-corrected chi connectivity index (χ2v) is 8.36. The van der Waals surface area contributed by atoms with Crippen molar-refractivity contribution in [2.24, 2.45) is 5.92 Å². The molecule has 1 saturated heterocycles. The summed E-state index contributed by atoms with van der Waals surface area (Å²) < 4.78 is 35.1. The molecule has 2 aromatic carbocycles. The second kappa shape index (κ2) is 9.20. The number of aromatic nitrogens is 2. The molecule has 1 fully saturated rings. The van der Waals surface area contributed by atoms with E-state index in [2.05, 4.69) is 16.8 Å². The number of rotatable bonds is 4. The Morgan fingerprint density at radius 2 is 1.88 bits per heavy atom. The lowest BCUT2D eigenvalue weighted by atomic mass is 9.99. The molecular formula is C24H21ClF2N4O2. The van der Waals surface area contributed by atoms with Crippen molar-refractivity contribution in [1.29, 1.82) is 0 Å². The highest BCUT2D eigenvalue weighted by molar-refractivity contribution is 6.32. The van der Waals surface area contributed by atoms with Crippen molar-refractivity contribution < 1.29 is 13.5 Å². The van der Waals surface area contributed by atoms with Gasteiger partial charge < -0.3 is 9.64 Å². The summed E-state index contributed by atoms with van der Waals surface area (Å²) in [6.45, 7) is 10.6. The van der Waals surface area contributed by atoms with Crippen molar-refractivity contribution in [1.82, 2.24) is 9.55 Å². The van der Waals surface area contributed by atoms with E-state index in [1.165, 1.54) is 31.4 Å². The summed E-state index contributed by atoms with van der Waals surface area (Å²) in [4.78, 5) is 23.2. The number of nitrogens with zero attached hydrogens (tertiary/aromatic N) is 4. The van der Waals surface area contributed by atoms with Gasteiger partial charge in [-0.2, -0.15) is 0 Å². The Bertz CT molecular complexity index is 1310. The van der Waals surface area contributed by atoms with E-state index in [0.717, 1.165) is 29.5 Å². The van der Waals surface area contributed by atoms with Crippen molar-refractivity contribution in [3.05, 3.63) is 74.8 Å². The zero-order chi connectivity index (χ0) is 23.7. The van der Waals surface area contributed by atoms with Gasteiger partial charge in [0, 0.05) is 24.7 Å². The van der Waals surface area contributed by atoms with Crippen LogP contribution in [-0.2, 0) is 0 Å². The van der Waals surface area contributed by atoms with Crippen molar-refractivity contribution in [2.75, 3.05) is 25.1 Å². The van der Waals surface area contributed by atoms with Crippen LogP contribution in [0, 0.1) is 24.1 Å². The molecule has 0 atom stereocenters. The van der Waals surface area contributed by atoms with Crippen LogP contribution in [0.1, 0.15) is 19.8 Å². The van der Waals surface area contributed by atoms with Gasteiger partial charge in [0.05, 0.1) is 19.4 Å². The number of hydrogen-bond acceptors (Lipinski definition) is 4. The zero-order valence-corrected chi connectivity index (χ0v) is 18.9. The topological polar surface area (TPSA) is 51.7 Å². The number of piperidine rings is 1. The zero-order valence-electron chi connectivity index (χ0n) is 18.1. The summed E-state index contributed by atoms with van der Waals surface area (Å²) in [6.07, 6.45) is 1.85. The van der Waals surface area contributed by atoms with E-state index in [0.29, 0.717) is 24.8 Å². The molecule has 6 nitrogen and oxygen atoms in total. The third kappa shape index (κ3) is 4.29. The Labute approximate surface area is 194 Å². The van der Waals surface area contributed by atoms with Gasteiger partial charge >= 0.3 is 0 Å². The number of methoxy groups -OCH3 is 1. The Kier molecular flexibility index (Phi) is 6.34. The maximum Gasteiger partial charge on any atom is 0.279 e. The average molecular weight is 471 g/mol. The van der Waals surface area contributed by atoms with Crippen LogP contribution in [0.4, 0.5) is 20.3 Å². The minimum atomic E-state index is -0.743. The highest BCUT2D eigenvalue weighted by Gasteiger charge is 2.25. The quantitative estimate of drug-likeness (QED) is 0.464. The van der Waals surface area contributed by atoms with Crippen LogP contribution in [0.3, 0.4) is 0 Å². The van der Waals surface area contributed by atoms with Gasteiger partial charge in [-0.3, -0.25) is 9.36 Å². The number of ether oxygens (including phenoxy) is 1. The molecule has 0 radical (unpaired) electrons. The first kappa shape index (κ1) is 22.7. The predicted molar refractivity (Wildman–Crippen MR) is 124 cm³/mol. The molecule has 0 unspecified atom stereocenters. The van der Waals surface area contributed by atoms with Crippen LogP contribution in [0.25, 0.3) is 21.9 Å². The first-order valence-corrected chi connectivity index (χ1v) is 10.8. The van der Waals surface area contributed by atoms with Crippen molar-refractivity contribution in [2.45, 2.75) is 19.8 Å². The van der Waals surface area contributed by atoms with E-state index in [4.69, 9.17) is 22.9 Å².